The summed E-state index contributed by atoms with van der Waals surface area (Å²) in [4.78, 5) is 58.2. The van der Waals surface area contributed by atoms with Crippen molar-refractivity contribution in [2.24, 2.45) is 5.92 Å². The SMILES string of the molecule is CC(C)CC(NC(=O)c1ccc(-c2ccccc2)s1)C(=O)N1CCC2C1C(=O)CN2C(=O)c1cccs1. The van der Waals surface area contributed by atoms with E-state index in [0.717, 1.165) is 10.4 Å². The summed E-state index contributed by atoms with van der Waals surface area (Å²) in [5.74, 6) is -0.681. The summed E-state index contributed by atoms with van der Waals surface area (Å²) >= 11 is 2.73. The number of ketones is 1. The summed E-state index contributed by atoms with van der Waals surface area (Å²) < 4.78 is 0. The second-order valence-electron chi connectivity index (χ2n) is 9.89. The van der Waals surface area contributed by atoms with Gasteiger partial charge in [0.05, 0.1) is 22.3 Å². The third kappa shape index (κ3) is 5.10. The number of carbonyl (C=O) groups excluding carboxylic acids is 4. The Labute approximate surface area is 224 Å². The second-order valence-corrected chi connectivity index (χ2v) is 11.9. The van der Waals surface area contributed by atoms with Gasteiger partial charge in [0.25, 0.3) is 11.8 Å². The molecule has 0 spiro atoms. The molecule has 3 amide bonds. The predicted molar refractivity (Wildman–Crippen MR) is 145 cm³/mol. The molecule has 2 aliphatic rings. The Kier molecular flexibility index (Phi) is 7.26. The molecule has 4 heterocycles. The van der Waals surface area contributed by atoms with E-state index >= 15 is 0 Å². The maximum absolute atomic E-state index is 13.7. The average Bonchev–Trinajstić information content (AvgIpc) is 3.69. The number of hydrogen-bond donors (Lipinski definition) is 1. The molecule has 1 aromatic carbocycles. The first-order chi connectivity index (χ1) is 17.8. The van der Waals surface area contributed by atoms with Crippen LogP contribution in [0.25, 0.3) is 10.4 Å². The Morgan fingerprint density at radius 1 is 1.00 bits per heavy atom. The fourth-order valence-corrected chi connectivity index (χ4v) is 6.81. The molecule has 3 aromatic rings. The Balaban J connectivity index is 1.31. The monoisotopic (exact) mass is 535 g/mol. The Bertz CT molecular complexity index is 1300. The third-order valence-corrected chi connectivity index (χ3v) is 8.89. The number of benzene rings is 1. The standard InChI is InChI=1S/C28H29N3O4S2/c1-17(2)15-19(29-26(33)23-11-10-22(37-23)18-7-4-3-5-8-18)27(34)30-13-12-20-25(30)21(32)16-31(20)28(35)24-9-6-14-36-24/h3-11,14,17,19-20,25H,12-13,15-16H2,1-2H3,(H,29,33). The van der Waals surface area contributed by atoms with Gasteiger partial charge in [0.1, 0.15) is 12.1 Å². The summed E-state index contributed by atoms with van der Waals surface area (Å²) in [5.41, 5.74) is 1.03. The summed E-state index contributed by atoms with van der Waals surface area (Å²) in [6, 6.07) is 15.4. The molecular formula is C28H29N3O4S2. The largest absolute Gasteiger partial charge is 0.340 e. The summed E-state index contributed by atoms with van der Waals surface area (Å²) in [6.07, 6.45) is 1.01. The van der Waals surface area contributed by atoms with E-state index in [9.17, 15) is 19.2 Å². The van der Waals surface area contributed by atoms with Crippen LogP contribution in [0, 0.1) is 5.92 Å². The first-order valence-electron chi connectivity index (χ1n) is 12.5. The van der Waals surface area contributed by atoms with Crippen LogP contribution in [0.1, 0.15) is 46.0 Å². The van der Waals surface area contributed by atoms with Crippen LogP contribution >= 0.6 is 22.7 Å². The van der Waals surface area contributed by atoms with Crippen molar-refractivity contribution in [1.29, 1.82) is 0 Å². The second kappa shape index (κ2) is 10.6. The van der Waals surface area contributed by atoms with Gasteiger partial charge in [-0.05, 0) is 47.9 Å². The van der Waals surface area contributed by atoms with E-state index in [0.29, 0.717) is 29.1 Å². The van der Waals surface area contributed by atoms with E-state index in [2.05, 4.69) is 5.32 Å². The molecule has 2 aliphatic heterocycles. The maximum atomic E-state index is 13.7. The van der Waals surface area contributed by atoms with Crippen molar-refractivity contribution in [3.8, 4) is 10.4 Å². The van der Waals surface area contributed by atoms with Gasteiger partial charge in [-0.25, -0.2) is 0 Å². The quantitative estimate of drug-likeness (QED) is 0.488. The summed E-state index contributed by atoms with van der Waals surface area (Å²) in [5, 5.41) is 4.78. The number of fused-ring (bicyclic) bond motifs is 1. The van der Waals surface area contributed by atoms with Gasteiger partial charge in [0.15, 0.2) is 5.78 Å². The zero-order valence-electron chi connectivity index (χ0n) is 20.8. The number of amides is 3. The molecular weight excluding hydrogens is 506 g/mol. The molecule has 5 rings (SSSR count). The van der Waals surface area contributed by atoms with Gasteiger partial charge in [0, 0.05) is 11.4 Å². The highest BCUT2D eigenvalue weighted by atomic mass is 32.1. The number of Topliss-reactive ketones (excluding diaryl/α,β-unsaturated/α-hetero) is 1. The first kappa shape index (κ1) is 25.4. The van der Waals surface area contributed by atoms with Crippen LogP contribution in [0.2, 0.25) is 0 Å². The molecule has 7 nitrogen and oxygen atoms in total. The lowest BCUT2D eigenvalue weighted by molar-refractivity contribution is -0.138. The minimum absolute atomic E-state index is 0.00844. The molecule has 9 heteroatoms. The number of carbonyl (C=O) groups is 4. The van der Waals surface area contributed by atoms with Gasteiger partial charge in [0.2, 0.25) is 5.91 Å². The van der Waals surface area contributed by atoms with Gasteiger partial charge < -0.3 is 15.1 Å². The molecule has 37 heavy (non-hydrogen) atoms. The topological polar surface area (TPSA) is 86.8 Å². The van der Waals surface area contributed by atoms with Crippen molar-refractivity contribution in [3.05, 3.63) is 69.7 Å². The molecule has 2 aromatic heterocycles. The van der Waals surface area contributed by atoms with Crippen molar-refractivity contribution in [3.63, 3.8) is 0 Å². The first-order valence-corrected chi connectivity index (χ1v) is 14.2. The summed E-state index contributed by atoms with van der Waals surface area (Å²) in [6.45, 7) is 4.39. The van der Waals surface area contributed by atoms with Crippen LogP contribution < -0.4 is 5.32 Å². The Hall–Kier alpha value is -3.30. The van der Waals surface area contributed by atoms with Crippen LogP contribution in [-0.2, 0) is 9.59 Å². The van der Waals surface area contributed by atoms with E-state index in [-0.39, 0.29) is 42.0 Å². The van der Waals surface area contributed by atoms with E-state index in [4.69, 9.17) is 0 Å². The number of thiophene rings is 2. The maximum Gasteiger partial charge on any atom is 0.264 e. The highest BCUT2D eigenvalue weighted by Gasteiger charge is 2.52. The van der Waals surface area contributed by atoms with Crippen LogP contribution in [0.3, 0.4) is 0 Å². The van der Waals surface area contributed by atoms with Gasteiger partial charge in [-0.1, -0.05) is 50.2 Å². The zero-order chi connectivity index (χ0) is 26.1. The molecule has 1 N–H and O–H groups in total. The van der Waals surface area contributed by atoms with Crippen LogP contribution in [-0.4, -0.2) is 64.5 Å². The predicted octanol–water partition coefficient (Wildman–Crippen LogP) is 4.32. The van der Waals surface area contributed by atoms with Gasteiger partial charge in [-0.15, -0.1) is 22.7 Å². The molecule has 2 fully saturated rings. The molecule has 3 unspecified atom stereocenters. The number of rotatable bonds is 7. The lowest BCUT2D eigenvalue weighted by Crippen LogP contribution is -2.52. The Morgan fingerprint density at radius 2 is 1.78 bits per heavy atom. The van der Waals surface area contributed by atoms with E-state index < -0.39 is 12.1 Å². The lowest BCUT2D eigenvalue weighted by atomic mass is 10.0. The molecule has 2 saturated heterocycles. The van der Waals surface area contributed by atoms with E-state index in [1.807, 2.05) is 61.7 Å². The molecule has 0 radical (unpaired) electrons. The van der Waals surface area contributed by atoms with Crippen LogP contribution in [0.5, 0.6) is 0 Å². The number of hydrogen-bond acceptors (Lipinski definition) is 6. The fraction of sp³-hybridized carbons (Fsp3) is 0.357. The minimum atomic E-state index is -0.747. The summed E-state index contributed by atoms with van der Waals surface area (Å²) in [7, 11) is 0. The van der Waals surface area contributed by atoms with Crippen LogP contribution in [0.15, 0.2) is 60.0 Å². The zero-order valence-corrected chi connectivity index (χ0v) is 22.4. The average molecular weight is 536 g/mol. The van der Waals surface area contributed by atoms with Crippen molar-refractivity contribution >= 4 is 46.2 Å². The van der Waals surface area contributed by atoms with E-state index in [1.165, 1.54) is 22.7 Å². The molecule has 192 valence electrons. The van der Waals surface area contributed by atoms with E-state index in [1.54, 1.807) is 21.9 Å². The van der Waals surface area contributed by atoms with Crippen molar-refractivity contribution in [2.75, 3.05) is 13.1 Å². The van der Waals surface area contributed by atoms with Crippen molar-refractivity contribution in [1.82, 2.24) is 15.1 Å². The minimum Gasteiger partial charge on any atom is -0.340 e. The lowest BCUT2D eigenvalue weighted by Gasteiger charge is -2.29. The van der Waals surface area contributed by atoms with Crippen molar-refractivity contribution < 1.29 is 19.2 Å². The number of nitrogens with zero attached hydrogens (tertiary/aromatic N) is 2. The van der Waals surface area contributed by atoms with Gasteiger partial charge in [-0.2, -0.15) is 0 Å². The van der Waals surface area contributed by atoms with Gasteiger partial charge in [-0.3, -0.25) is 19.2 Å². The highest BCUT2D eigenvalue weighted by molar-refractivity contribution is 7.17. The fourth-order valence-electron chi connectivity index (χ4n) is 5.22. The third-order valence-electron chi connectivity index (χ3n) is 6.90. The Morgan fingerprint density at radius 3 is 2.49 bits per heavy atom. The highest BCUT2D eigenvalue weighted by Crippen LogP contribution is 2.33. The molecule has 0 aliphatic carbocycles. The number of nitrogens with one attached hydrogen (secondary N) is 1. The van der Waals surface area contributed by atoms with Crippen molar-refractivity contribution in [2.45, 2.75) is 44.8 Å². The normalized spacial score (nSPS) is 19.8. The number of likely N-dealkylation sites (tertiary alicyclic amines) is 2. The molecule has 3 atom stereocenters. The van der Waals surface area contributed by atoms with Gasteiger partial charge >= 0.3 is 0 Å². The molecule has 0 bridgehead atoms. The van der Waals surface area contributed by atoms with Crippen LogP contribution in [0.4, 0.5) is 0 Å². The molecule has 0 saturated carbocycles. The smallest absolute Gasteiger partial charge is 0.264 e.